The summed E-state index contributed by atoms with van der Waals surface area (Å²) in [5.74, 6) is 1.17. The van der Waals surface area contributed by atoms with Crippen molar-refractivity contribution in [1.29, 1.82) is 0 Å². The number of aliphatic hydroxyl groups is 1. The summed E-state index contributed by atoms with van der Waals surface area (Å²) in [7, 11) is 0. The summed E-state index contributed by atoms with van der Waals surface area (Å²) in [6.07, 6.45) is 1.98. The molecule has 0 aliphatic heterocycles. The van der Waals surface area contributed by atoms with Crippen molar-refractivity contribution in [3.8, 4) is 5.75 Å². The Labute approximate surface area is 136 Å². The van der Waals surface area contributed by atoms with Crippen LogP contribution in [0.15, 0.2) is 47.1 Å². The number of carbonyl (C=O) groups excluding carboxylic acids is 1. The van der Waals surface area contributed by atoms with Crippen molar-refractivity contribution in [2.75, 3.05) is 6.54 Å². The minimum absolute atomic E-state index is 0.0892. The topological polar surface area (TPSA) is 71.7 Å². The van der Waals surface area contributed by atoms with Crippen molar-refractivity contribution in [1.82, 2.24) is 5.32 Å². The molecule has 0 radical (unpaired) electrons. The van der Waals surface area contributed by atoms with Crippen LogP contribution in [0.4, 0.5) is 0 Å². The summed E-state index contributed by atoms with van der Waals surface area (Å²) in [5, 5.41) is 13.1. The second-order valence-electron chi connectivity index (χ2n) is 6.13. The van der Waals surface area contributed by atoms with E-state index in [0.717, 1.165) is 5.75 Å². The lowest BCUT2D eigenvalue weighted by molar-refractivity contribution is 0.0510. The van der Waals surface area contributed by atoms with E-state index in [1.807, 2.05) is 13.8 Å². The zero-order valence-electron chi connectivity index (χ0n) is 13.7. The van der Waals surface area contributed by atoms with Gasteiger partial charge in [-0.25, -0.2) is 0 Å². The lowest BCUT2D eigenvalue weighted by Gasteiger charge is -2.22. The summed E-state index contributed by atoms with van der Waals surface area (Å²) in [6.45, 7) is 5.69. The molecule has 23 heavy (non-hydrogen) atoms. The molecule has 0 aliphatic carbocycles. The summed E-state index contributed by atoms with van der Waals surface area (Å²) in [6, 6.07) is 10.5. The van der Waals surface area contributed by atoms with Gasteiger partial charge in [0.05, 0.1) is 18.0 Å². The minimum atomic E-state index is -1.08. The van der Waals surface area contributed by atoms with Gasteiger partial charge in [0.1, 0.15) is 11.5 Å². The van der Waals surface area contributed by atoms with Crippen LogP contribution in [0.2, 0.25) is 0 Å². The van der Waals surface area contributed by atoms with E-state index in [4.69, 9.17) is 9.15 Å². The standard InChI is InChI=1S/C18H23NO4/c1-13(2)23-15-8-6-14(7-9-15)17(20)19-12-18(3,21)11-16-5-4-10-22-16/h4-10,13,21H,11-12H2,1-3H3,(H,19,20). The number of amides is 1. The predicted octanol–water partition coefficient (Wildman–Crippen LogP) is 2.79. The van der Waals surface area contributed by atoms with Crippen molar-refractivity contribution >= 4 is 5.91 Å². The summed E-state index contributed by atoms with van der Waals surface area (Å²) >= 11 is 0. The molecular weight excluding hydrogens is 294 g/mol. The van der Waals surface area contributed by atoms with E-state index >= 15 is 0 Å². The minimum Gasteiger partial charge on any atom is -0.491 e. The van der Waals surface area contributed by atoms with Crippen LogP contribution in [0.3, 0.4) is 0 Å². The number of carbonyl (C=O) groups is 1. The zero-order valence-corrected chi connectivity index (χ0v) is 13.7. The van der Waals surface area contributed by atoms with Gasteiger partial charge in [-0.3, -0.25) is 4.79 Å². The maximum absolute atomic E-state index is 12.1. The molecule has 124 valence electrons. The van der Waals surface area contributed by atoms with E-state index in [1.54, 1.807) is 49.6 Å². The van der Waals surface area contributed by atoms with Gasteiger partial charge in [-0.15, -0.1) is 0 Å². The van der Waals surface area contributed by atoms with E-state index in [-0.39, 0.29) is 18.6 Å². The van der Waals surface area contributed by atoms with Gasteiger partial charge >= 0.3 is 0 Å². The lowest BCUT2D eigenvalue weighted by atomic mass is 10.0. The molecule has 5 nitrogen and oxygen atoms in total. The number of ether oxygens (including phenoxy) is 1. The Morgan fingerprint density at radius 3 is 2.57 bits per heavy atom. The fourth-order valence-corrected chi connectivity index (χ4v) is 2.18. The van der Waals surface area contributed by atoms with Crippen LogP contribution in [-0.2, 0) is 6.42 Å². The predicted molar refractivity (Wildman–Crippen MR) is 87.6 cm³/mol. The number of nitrogens with one attached hydrogen (secondary N) is 1. The van der Waals surface area contributed by atoms with Crippen LogP contribution in [0.25, 0.3) is 0 Å². The average Bonchev–Trinajstić information content (AvgIpc) is 2.97. The van der Waals surface area contributed by atoms with E-state index in [9.17, 15) is 9.90 Å². The molecule has 2 aromatic rings. The molecule has 1 atom stereocenters. The summed E-state index contributed by atoms with van der Waals surface area (Å²) in [4.78, 5) is 12.1. The molecule has 1 aromatic heterocycles. The second-order valence-corrected chi connectivity index (χ2v) is 6.13. The Balaban J connectivity index is 1.88. The van der Waals surface area contributed by atoms with Gasteiger partial charge in [-0.2, -0.15) is 0 Å². The Kier molecular flexibility index (Phi) is 5.45. The second kappa shape index (κ2) is 7.33. The third-order valence-corrected chi connectivity index (χ3v) is 3.25. The molecule has 0 saturated carbocycles. The number of rotatable bonds is 7. The molecule has 0 bridgehead atoms. The van der Waals surface area contributed by atoms with Crippen molar-refractivity contribution in [3.63, 3.8) is 0 Å². The summed E-state index contributed by atoms with van der Waals surface area (Å²) in [5.41, 5.74) is -0.552. The van der Waals surface area contributed by atoms with Crippen LogP contribution in [-0.4, -0.2) is 29.3 Å². The molecule has 1 aromatic carbocycles. The molecule has 2 N–H and O–H groups in total. The molecular formula is C18H23NO4. The first-order valence-electron chi connectivity index (χ1n) is 7.65. The Morgan fingerprint density at radius 1 is 1.30 bits per heavy atom. The molecule has 5 heteroatoms. The van der Waals surface area contributed by atoms with Crippen molar-refractivity contribution in [2.45, 2.75) is 38.9 Å². The first-order valence-corrected chi connectivity index (χ1v) is 7.65. The maximum Gasteiger partial charge on any atom is 0.251 e. The maximum atomic E-state index is 12.1. The molecule has 0 fully saturated rings. The van der Waals surface area contributed by atoms with E-state index in [2.05, 4.69) is 5.32 Å². The molecule has 1 unspecified atom stereocenters. The number of hydrogen-bond donors (Lipinski definition) is 2. The van der Waals surface area contributed by atoms with Crippen LogP contribution >= 0.6 is 0 Å². The number of furan rings is 1. The molecule has 0 saturated heterocycles. The average molecular weight is 317 g/mol. The van der Waals surface area contributed by atoms with Gasteiger partial charge < -0.3 is 19.6 Å². The van der Waals surface area contributed by atoms with Gasteiger partial charge in [0, 0.05) is 18.5 Å². The molecule has 1 heterocycles. The van der Waals surface area contributed by atoms with E-state index in [0.29, 0.717) is 17.7 Å². The molecule has 0 spiro atoms. The SMILES string of the molecule is CC(C)Oc1ccc(C(=O)NCC(C)(O)Cc2ccco2)cc1. The third-order valence-electron chi connectivity index (χ3n) is 3.25. The van der Waals surface area contributed by atoms with Gasteiger partial charge in [0.25, 0.3) is 5.91 Å². The highest BCUT2D eigenvalue weighted by molar-refractivity contribution is 5.94. The smallest absolute Gasteiger partial charge is 0.251 e. The molecule has 1 amide bonds. The monoisotopic (exact) mass is 317 g/mol. The van der Waals surface area contributed by atoms with Gasteiger partial charge in [-0.1, -0.05) is 0 Å². The zero-order chi connectivity index (χ0) is 16.9. The van der Waals surface area contributed by atoms with Crippen LogP contribution < -0.4 is 10.1 Å². The fourth-order valence-electron chi connectivity index (χ4n) is 2.18. The number of hydrogen-bond acceptors (Lipinski definition) is 4. The van der Waals surface area contributed by atoms with Crippen LogP contribution in [0.5, 0.6) is 5.75 Å². The summed E-state index contributed by atoms with van der Waals surface area (Å²) < 4.78 is 10.8. The first kappa shape index (κ1) is 17.1. The van der Waals surface area contributed by atoms with Gasteiger partial charge in [-0.05, 0) is 57.2 Å². The van der Waals surface area contributed by atoms with Gasteiger partial charge in [0.2, 0.25) is 0 Å². The molecule has 2 rings (SSSR count). The van der Waals surface area contributed by atoms with E-state index in [1.165, 1.54) is 0 Å². The highest BCUT2D eigenvalue weighted by atomic mass is 16.5. The first-order chi connectivity index (χ1) is 10.9. The van der Waals surface area contributed by atoms with Crippen molar-refractivity contribution in [3.05, 3.63) is 54.0 Å². The van der Waals surface area contributed by atoms with Crippen LogP contribution in [0, 0.1) is 0 Å². The van der Waals surface area contributed by atoms with Gasteiger partial charge in [0.15, 0.2) is 0 Å². The van der Waals surface area contributed by atoms with Crippen LogP contribution in [0.1, 0.15) is 36.9 Å². The Bertz CT molecular complexity index is 615. The Morgan fingerprint density at radius 2 is 2.00 bits per heavy atom. The quantitative estimate of drug-likeness (QED) is 0.824. The molecule has 0 aliphatic rings. The fraction of sp³-hybridized carbons (Fsp3) is 0.389. The lowest BCUT2D eigenvalue weighted by Crippen LogP contribution is -2.42. The number of benzene rings is 1. The normalized spacial score (nSPS) is 13.6. The third kappa shape index (κ3) is 5.45. The van der Waals surface area contributed by atoms with Crippen molar-refractivity contribution < 1.29 is 19.1 Å². The van der Waals surface area contributed by atoms with Crippen molar-refractivity contribution in [2.24, 2.45) is 0 Å². The Hall–Kier alpha value is -2.27. The highest BCUT2D eigenvalue weighted by Gasteiger charge is 2.23. The highest BCUT2D eigenvalue weighted by Crippen LogP contribution is 2.15. The largest absolute Gasteiger partial charge is 0.491 e. The van der Waals surface area contributed by atoms with E-state index < -0.39 is 5.60 Å².